The van der Waals surface area contributed by atoms with E-state index in [1.807, 2.05) is 0 Å². The zero-order chi connectivity index (χ0) is 19.7. The molecule has 1 aliphatic rings. The summed E-state index contributed by atoms with van der Waals surface area (Å²) >= 11 is 0. The molecule has 1 heterocycles. The quantitative estimate of drug-likeness (QED) is 0.785. The van der Waals surface area contributed by atoms with Gasteiger partial charge in [0, 0.05) is 19.3 Å². The maximum atomic E-state index is 13.2. The zero-order valence-corrected chi connectivity index (χ0v) is 14.9. The summed E-state index contributed by atoms with van der Waals surface area (Å²) in [4.78, 5) is 18.8. The van der Waals surface area contributed by atoms with Crippen molar-refractivity contribution in [2.75, 3.05) is 19.1 Å². The van der Waals surface area contributed by atoms with Crippen molar-refractivity contribution in [1.29, 1.82) is 0 Å². The number of rotatable bonds is 5. The lowest BCUT2D eigenvalue weighted by molar-refractivity contribution is -0.274. The van der Waals surface area contributed by atoms with Crippen LogP contribution in [0.15, 0.2) is 42.6 Å². The molecule has 3 rings (SSSR count). The number of aromatic nitrogens is 1. The highest BCUT2D eigenvalue weighted by Crippen LogP contribution is 2.46. The summed E-state index contributed by atoms with van der Waals surface area (Å²) in [5.74, 6) is 0.413. The highest BCUT2D eigenvalue weighted by atomic mass is 19.4. The van der Waals surface area contributed by atoms with E-state index in [-0.39, 0.29) is 11.7 Å². The summed E-state index contributed by atoms with van der Waals surface area (Å²) in [5.41, 5.74) is -0.375. The summed E-state index contributed by atoms with van der Waals surface area (Å²) in [6, 6.07) is 8.94. The Morgan fingerprint density at radius 2 is 1.93 bits per heavy atom. The summed E-state index contributed by atoms with van der Waals surface area (Å²) in [6.45, 7) is 0. The molecule has 1 saturated carbocycles. The molecule has 1 aromatic heterocycles. The maximum absolute atomic E-state index is 13.2. The molecule has 0 bridgehead atoms. The lowest BCUT2D eigenvalue weighted by Crippen LogP contribution is -2.50. The molecule has 0 spiro atoms. The maximum Gasteiger partial charge on any atom is 0.573 e. The van der Waals surface area contributed by atoms with Crippen molar-refractivity contribution >= 4 is 11.7 Å². The number of amides is 1. The van der Waals surface area contributed by atoms with Crippen LogP contribution in [0, 0.1) is 0 Å². The normalized spacial score (nSPS) is 15.6. The number of anilines is 1. The fourth-order valence-electron chi connectivity index (χ4n) is 3.28. The van der Waals surface area contributed by atoms with E-state index in [1.54, 1.807) is 25.2 Å². The van der Waals surface area contributed by atoms with Crippen LogP contribution in [-0.2, 0) is 10.2 Å². The van der Waals surface area contributed by atoms with Crippen LogP contribution < -0.4 is 14.4 Å². The van der Waals surface area contributed by atoms with E-state index in [0.29, 0.717) is 30.0 Å². The molecule has 27 heavy (non-hydrogen) atoms. The predicted molar refractivity (Wildman–Crippen MR) is 92.9 cm³/mol. The molecule has 144 valence electrons. The van der Waals surface area contributed by atoms with Crippen LogP contribution >= 0.6 is 0 Å². The number of benzene rings is 1. The van der Waals surface area contributed by atoms with Gasteiger partial charge in [0.1, 0.15) is 17.3 Å². The van der Waals surface area contributed by atoms with Crippen molar-refractivity contribution < 1.29 is 27.4 Å². The summed E-state index contributed by atoms with van der Waals surface area (Å²) in [7, 11) is 3.11. The average Bonchev–Trinajstić information content (AvgIpc) is 2.59. The third kappa shape index (κ3) is 3.84. The van der Waals surface area contributed by atoms with Gasteiger partial charge in [-0.05, 0) is 36.6 Å². The Bertz CT molecular complexity index is 835. The average molecular weight is 380 g/mol. The molecule has 0 saturated heterocycles. The molecule has 0 unspecified atom stereocenters. The Balaban J connectivity index is 1.90. The molecule has 1 aliphatic carbocycles. The number of alkyl halides is 3. The SMILES string of the molecule is COc1ccnc(N(C)C(=O)C2(c3cccc(OC(F)(F)F)c3)CCC2)c1. The highest BCUT2D eigenvalue weighted by molar-refractivity contribution is 6.01. The van der Waals surface area contributed by atoms with E-state index in [1.165, 1.54) is 36.4 Å². The fourth-order valence-corrected chi connectivity index (χ4v) is 3.28. The van der Waals surface area contributed by atoms with Gasteiger partial charge in [-0.25, -0.2) is 4.98 Å². The molecule has 0 N–H and O–H groups in total. The number of ether oxygens (including phenoxy) is 2. The van der Waals surface area contributed by atoms with Crippen LogP contribution in [0.2, 0.25) is 0 Å². The second-order valence-electron chi connectivity index (χ2n) is 6.43. The fraction of sp³-hybridized carbons (Fsp3) is 0.368. The Hall–Kier alpha value is -2.77. The van der Waals surface area contributed by atoms with Gasteiger partial charge in [0.15, 0.2) is 0 Å². The topological polar surface area (TPSA) is 51.7 Å². The minimum absolute atomic E-state index is 0.223. The largest absolute Gasteiger partial charge is 0.573 e. The number of methoxy groups -OCH3 is 1. The zero-order valence-electron chi connectivity index (χ0n) is 14.9. The van der Waals surface area contributed by atoms with Gasteiger partial charge in [0.25, 0.3) is 0 Å². The van der Waals surface area contributed by atoms with Crippen LogP contribution in [-0.4, -0.2) is 31.4 Å². The smallest absolute Gasteiger partial charge is 0.497 e. The van der Waals surface area contributed by atoms with Gasteiger partial charge in [-0.1, -0.05) is 18.6 Å². The van der Waals surface area contributed by atoms with E-state index in [4.69, 9.17) is 4.74 Å². The van der Waals surface area contributed by atoms with Crippen LogP contribution in [0.1, 0.15) is 24.8 Å². The van der Waals surface area contributed by atoms with Gasteiger partial charge in [-0.3, -0.25) is 9.69 Å². The first-order valence-corrected chi connectivity index (χ1v) is 8.40. The van der Waals surface area contributed by atoms with Crippen molar-refractivity contribution in [2.45, 2.75) is 31.0 Å². The van der Waals surface area contributed by atoms with Crippen LogP contribution in [0.5, 0.6) is 11.5 Å². The van der Waals surface area contributed by atoms with E-state index in [2.05, 4.69) is 9.72 Å². The molecule has 1 amide bonds. The molecular formula is C19H19F3N2O3. The van der Waals surface area contributed by atoms with Crippen LogP contribution in [0.25, 0.3) is 0 Å². The number of pyridine rings is 1. The van der Waals surface area contributed by atoms with E-state index in [9.17, 15) is 18.0 Å². The minimum Gasteiger partial charge on any atom is -0.497 e. The number of nitrogens with zero attached hydrogens (tertiary/aromatic N) is 2. The van der Waals surface area contributed by atoms with Crippen molar-refractivity contribution in [3.05, 3.63) is 48.2 Å². The van der Waals surface area contributed by atoms with Gasteiger partial charge in [-0.2, -0.15) is 0 Å². The number of hydrogen-bond acceptors (Lipinski definition) is 4. The van der Waals surface area contributed by atoms with Gasteiger partial charge in [0.2, 0.25) is 5.91 Å². The lowest BCUT2D eigenvalue weighted by Gasteiger charge is -2.43. The monoisotopic (exact) mass is 380 g/mol. The predicted octanol–water partition coefficient (Wildman–Crippen LogP) is 4.07. The molecule has 0 aliphatic heterocycles. The Labute approximate surface area is 154 Å². The highest BCUT2D eigenvalue weighted by Gasteiger charge is 2.48. The number of halogens is 3. The third-order valence-electron chi connectivity index (χ3n) is 4.84. The number of likely N-dealkylation sites (N-methyl/N-ethyl adjacent to an activating group) is 1. The number of hydrogen-bond donors (Lipinski definition) is 0. The molecule has 5 nitrogen and oxygen atoms in total. The van der Waals surface area contributed by atoms with Crippen molar-refractivity contribution in [1.82, 2.24) is 4.98 Å². The van der Waals surface area contributed by atoms with E-state index >= 15 is 0 Å². The third-order valence-corrected chi connectivity index (χ3v) is 4.84. The number of carbonyl (C=O) groups excluding carboxylic acids is 1. The molecule has 0 radical (unpaired) electrons. The molecule has 2 aromatic rings. The second kappa shape index (κ2) is 7.09. The molecule has 1 aromatic carbocycles. The summed E-state index contributed by atoms with van der Waals surface area (Å²) in [5, 5.41) is 0. The van der Waals surface area contributed by atoms with Crippen molar-refractivity contribution in [3.63, 3.8) is 0 Å². The lowest BCUT2D eigenvalue weighted by atomic mass is 9.63. The Morgan fingerprint density at radius 1 is 1.19 bits per heavy atom. The minimum atomic E-state index is -4.78. The van der Waals surface area contributed by atoms with Crippen molar-refractivity contribution in [3.8, 4) is 11.5 Å². The molecule has 1 fully saturated rings. The van der Waals surface area contributed by atoms with Crippen LogP contribution in [0.3, 0.4) is 0 Å². The van der Waals surface area contributed by atoms with Gasteiger partial charge < -0.3 is 9.47 Å². The molecule has 8 heteroatoms. The number of carbonyl (C=O) groups is 1. The van der Waals surface area contributed by atoms with Crippen LogP contribution in [0.4, 0.5) is 19.0 Å². The first-order valence-electron chi connectivity index (χ1n) is 8.40. The van der Waals surface area contributed by atoms with E-state index < -0.39 is 11.8 Å². The van der Waals surface area contributed by atoms with Gasteiger partial charge in [0.05, 0.1) is 12.5 Å². The van der Waals surface area contributed by atoms with Crippen molar-refractivity contribution in [2.24, 2.45) is 0 Å². The standard InChI is InChI=1S/C19H19F3N2O3/c1-24(16-12-14(26-2)7-10-23-16)17(25)18(8-4-9-18)13-5-3-6-15(11-13)27-19(20,21)22/h3,5-7,10-12H,4,8-9H2,1-2H3. The molecular weight excluding hydrogens is 361 g/mol. The second-order valence-corrected chi connectivity index (χ2v) is 6.43. The molecule has 0 atom stereocenters. The summed E-state index contributed by atoms with van der Waals surface area (Å²) in [6.07, 6.45) is -1.33. The first-order chi connectivity index (χ1) is 12.7. The van der Waals surface area contributed by atoms with Gasteiger partial charge in [-0.15, -0.1) is 13.2 Å². The summed E-state index contributed by atoms with van der Waals surface area (Å²) < 4.78 is 46.7. The Kier molecular flexibility index (Phi) is 4.99. The Morgan fingerprint density at radius 3 is 2.52 bits per heavy atom. The van der Waals surface area contributed by atoms with E-state index in [0.717, 1.165) is 6.42 Å². The van der Waals surface area contributed by atoms with Gasteiger partial charge >= 0.3 is 6.36 Å². The first kappa shape index (κ1) is 19.0.